The summed E-state index contributed by atoms with van der Waals surface area (Å²) in [6, 6.07) is 6.44. The molecule has 0 radical (unpaired) electrons. The van der Waals surface area contributed by atoms with Gasteiger partial charge in [-0.1, -0.05) is 12.1 Å². The predicted molar refractivity (Wildman–Crippen MR) is 83.4 cm³/mol. The van der Waals surface area contributed by atoms with Crippen LogP contribution in [0.1, 0.15) is 16.1 Å². The number of rotatable bonds is 5. The van der Waals surface area contributed by atoms with E-state index in [1.165, 1.54) is 11.1 Å². The van der Waals surface area contributed by atoms with E-state index in [-0.39, 0.29) is 0 Å². The van der Waals surface area contributed by atoms with Crippen LogP contribution in [0, 0.1) is 6.92 Å². The normalized spacial score (nSPS) is 11.2. The second kappa shape index (κ2) is 6.15. The second-order valence-electron chi connectivity index (χ2n) is 5.06. The number of aryl methyl sites for hydroxylation is 1. The molecule has 0 fully saturated rings. The van der Waals surface area contributed by atoms with Gasteiger partial charge in [0.15, 0.2) is 0 Å². The maximum absolute atomic E-state index is 4.32. The van der Waals surface area contributed by atoms with E-state index in [1.54, 1.807) is 28.7 Å². The summed E-state index contributed by atoms with van der Waals surface area (Å²) in [5.41, 5.74) is 3.55. The van der Waals surface area contributed by atoms with E-state index in [1.807, 2.05) is 11.6 Å². The molecule has 2 aromatic heterocycles. The van der Waals surface area contributed by atoms with Crippen molar-refractivity contribution in [2.24, 2.45) is 0 Å². The summed E-state index contributed by atoms with van der Waals surface area (Å²) in [4.78, 5) is 10.6. The van der Waals surface area contributed by atoms with Crippen LogP contribution in [0.3, 0.4) is 0 Å². The first-order chi connectivity index (χ1) is 10.2. The van der Waals surface area contributed by atoms with Gasteiger partial charge in [-0.2, -0.15) is 5.10 Å². The van der Waals surface area contributed by atoms with E-state index in [2.05, 4.69) is 52.1 Å². The highest BCUT2D eigenvalue weighted by Gasteiger charge is 2.07. The number of thiazole rings is 1. The molecule has 108 valence electrons. The Morgan fingerprint density at radius 3 is 2.86 bits per heavy atom. The maximum atomic E-state index is 4.32. The quantitative estimate of drug-likeness (QED) is 0.726. The van der Waals surface area contributed by atoms with E-state index in [0.29, 0.717) is 0 Å². The smallest absolute Gasteiger partial charge is 0.138 e. The van der Waals surface area contributed by atoms with E-state index >= 15 is 0 Å². The van der Waals surface area contributed by atoms with Crippen LogP contribution in [-0.4, -0.2) is 31.7 Å². The number of hydrogen-bond donors (Lipinski definition) is 0. The van der Waals surface area contributed by atoms with Crippen molar-refractivity contribution in [2.45, 2.75) is 20.0 Å². The molecule has 0 amide bonds. The van der Waals surface area contributed by atoms with Crippen molar-refractivity contribution >= 4 is 11.3 Å². The van der Waals surface area contributed by atoms with Crippen molar-refractivity contribution in [1.29, 1.82) is 0 Å². The highest BCUT2D eigenvalue weighted by Crippen LogP contribution is 2.16. The Kier molecular flexibility index (Phi) is 4.08. The molecule has 0 saturated heterocycles. The number of hydrogen-bond acceptors (Lipinski definition) is 5. The third-order valence-electron chi connectivity index (χ3n) is 3.27. The summed E-state index contributed by atoms with van der Waals surface area (Å²) >= 11 is 1.69. The SMILES string of the molecule is Cc1cc(CN(C)Cc2nccs2)ccc1-n1cncn1. The predicted octanol–water partition coefficient (Wildman–Crippen LogP) is 2.66. The summed E-state index contributed by atoms with van der Waals surface area (Å²) in [6.45, 7) is 3.88. The molecule has 0 bridgehead atoms. The van der Waals surface area contributed by atoms with Gasteiger partial charge in [-0.05, 0) is 31.2 Å². The molecule has 0 aliphatic heterocycles. The van der Waals surface area contributed by atoms with Crippen LogP contribution in [0.4, 0.5) is 0 Å². The van der Waals surface area contributed by atoms with Crippen molar-refractivity contribution in [2.75, 3.05) is 7.05 Å². The van der Waals surface area contributed by atoms with Crippen LogP contribution in [0.2, 0.25) is 0 Å². The zero-order valence-corrected chi connectivity index (χ0v) is 12.9. The fourth-order valence-electron chi connectivity index (χ4n) is 2.34. The van der Waals surface area contributed by atoms with Gasteiger partial charge in [-0.15, -0.1) is 11.3 Å². The Balaban J connectivity index is 1.70. The van der Waals surface area contributed by atoms with Gasteiger partial charge in [-0.25, -0.2) is 14.6 Å². The Bertz CT molecular complexity index is 691. The third-order valence-corrected chi connectivity index (χ3v) is 4.03. The molecule has 3 aromatic rings. The first kappa shape index (κ1) is 13.9. The van der Waals surface area contributed by atoms with Crippen molar-refractivity contribution < 1.29 is 0 Å². The Morgan fingerprint density at radius 1 is 1.29 bits per heavy atom. The summed E-state index contributed by atoms with van der Waals surface area (Å²) in [7, 11) is 2.11. The van der Waals surface area contributed by atoms with Crippen molar-refractivity contribution in [3.63, 3.8) is 0 Å². The van der Waals surface area contributed by atoms with E-state index in [0.717, 1.165) is 23.8 Å². The molecule has 0 unspecified atom stereocenters. The molecule has 3 rings (SSSR count). The van der Waals surface area contributed by atoms with E-state index in [4.69, 9.17) is 0 Å². The fourth-order valence-corrected chi connectivity index (χ4v) is 3.03. The zero-order valence-electron chi connectivity index (χ0n) is 12.1. The van der Waals surface area contributed by atoms with Crippen molar-refractivity contribution in [1.82, 2.24) is 24.6 Å². The zero-order chi connectivity index (χ0) is 14.7. The molecule has 0 atom stereocenters. The fraction of sp³-hybridized carbons (Fsp3) is 0.267. The van der Waals surface area contributed by atoms with Crippen LogP contribution >= 0.6 is 11.3 Å². The lowest BCUT2D eigenvalue weighted by Crippen LogP contribution is -2.17. The lowest BCUT2D eigenvalue weighted by atomic mass is 10.1. The van der Waals surface area contributed by atoms with Gasteiger partial charge in [0, 0.05) is 18.1 Å². The average molecular weight is 299 g/mol. The number of aromatic nitrogens is 4. The standard InChI is InChI=1S/C15H17N5S/c1-12-7-13(3-4-14(12)20-11-16-10-18-20)8-19(2)9-15-17-5-6-21-15/h3-7,10-11H,8-9H2,1-2H3. The molecule has 21 heavy (non-hydrogen) atoms. The minimum Gasteiger partial charge on any atom is -0.295 e. The van der Waals surface area contributed by atoms with Gasteiger partial charge in [-0.3, -0.25) is 4.90 Å². The molecule has 0 N–H and O–H groups in total. The van der Waals surface area contributed by atoms with Crippen LogP contribution in [0.15, 0.2) is 42.4 Å². The summed E-state index contributed by atoms with van der Waals surface area (Å²) in [5, 5.41) is 7.34. The van der Waals surface area contributed by atoms with Crippen molar-refractivity contribution in [3.05, 3.63) is 58.6 Å². The van der Waals surface area contributed by atoms with Gasteiger partial charge in [0.25, 0.3) is 0 Å². The van der Waals surface area contributed by atoms with Gasteiger partial charge in [0.1, 0.15) is 17.7 Å². The lowest BCUT2D eigenvalue weighted by molar-refractivity contribution is 0.318. The molecule has 6 heteroatoms. The maximum Gasteiger partial charge on any atom is 0.138 e. The first-order valence-corrected chi connectivity index (χ1v) is 7.62. The number of benzene rings is 1. The molecule has 0 spiro atoms. The van der Waals surface area contributed by atoms with Crippen LogP contribution < -0.4 is 0 Å². The van der Waals surface area contributed by atoms with E-state index < -0.39 is 0 Å². The highest BCUT2D eigenvalue weighted by molar-refractivity contribution is 7.09. The lowest BCUT2D eigenvalue weighted by Gasteiger charge is -2.16. The monoisotopic (exact) mass is 299 g/mol. The Morgan fingerprint density at radius 2 is 2.19 bits per heavy atom. The van der Waals surface area contributed by atoms with Gasteiger partial charge in [0.05, 0.1) is 12.2 Å². The molecule has 2 heterocycles. The van der Waals surface area contributed by atoms with Gasteiger partial charge in [0.2, 0.25) is 0 Å². The Hall–Kier alpha value is -2.05. The molecular weight excluding hydrogens is 282 g/mol. The molecule has 0 aliphatic carbocycles. The molecule has 0 aliphatic rings. The van der Waals surface area contributed by atoms with Gasteiger partial charge >= 0.3 is 0 Å². The van der Waals surface area contributed by atoms with Crippen LogP contribution in [0.5, 0.6) is 0 Å². The average Bonchev–Trinajstić information content (AvgIpc) is 3.11. The largest absolute Gasteiger partial charge is 0.295 e. The van der Waals surface area contributed by atoms with Crippen molar-refractivity contribution in [3.8, 4) is 5.69 Å². The Labute approximate surface area is 127 Å². The van der Waals surface area contributed by atoms with Crippen LogP contribution in [-0.2, 0) is 13.1 Å². The van der Waals surface area contributed by atoms with Crippen LogP contribution in [0.25, 0.3) is 5.69 Å². The van der Waals surface area contributed by atoms with Gasteiger partial charge < -0.3 is 0 Å². The summed E-state index contributed by atoms with van der Waals surface area (Å²) in [6.07, 6.45) is 5.12. The van der Waals surface area contributed by atoms with E-state index in [9.17, 15) is 0 Å². The minimum atomic E-state index is 0.877. The third kappa shape index (κ3) is 3.34. The summed E-state index contributed by atoms with van der Waals surface area (Å²) in [5.74, 6) is 0. The second-order valence-corrected chi connectivity index (χ2v) is 6.04. The summed E-state index contributed by atoms with van der Waals surface area (Å²) < 4.78 is 1.79. The highest BCUT2D eigenvalue weighted by atomic mass is 32.1. The topological polar surface area (TPSA) is 46.8 Å². The number of nitrogens with zero attached hydrogens (tertiary/aromatic N) is 5. The molecular formula is C15H17N5S. The molecule has 5 nitrogen and oxygen atoms in total. The minimum absolute atomic E-state index is 0.877. The molecule has 1 aromatic carbocycles. The molecule has 0 saturated carbocycles. The first-order valence-electron chi connectivity index (χ1n) is 6.74.